The molecule has 0 aromatic heterocycles. The SMILES string of the molecule is COc1ccc([C@H]2CCCN2C(=O)COc2ccc(C)cc2C)cc1. The maximum absolute atomic E-state index is 12.7. The molecule has 1 fully saturated rings. The quantitative estimate of drug-likeness (QED) is 0.825. The van der Waals surface area contributed by atoms with Gasteiger partial charge in [-0.1, -0.05) is 29.8 Å². The molecule has 0 saturated carbocycles. The molecule has 0 N–H and O–H groups in total. The van der Waals surface area contributed by atoms with E-state index < -0.39 is 0 Å². The Hall–Kier alpha value is -2.49. The van der Waals surface area contributed by atoms with Crippen molar-refractivity contribution in [2.75, 3.05) is 20.3 Å². The van der Waals surface area contributed by atoms with Crippen LogP contribution in [0.25, 0.3) is 0 Å². The summed E-state index contributed by atoms with van der Waals surface area (Å²) in [5.74, 6) is 1.65. The van der Waals surface area contributed by atoms with Crippen LogP contribution in [0.3, 0.4) is 0 Å². The van der Waals surface area contributed by atoms with Gasteiger partial charge in [-0.2, -0.15) is 0 Å². The first-order valence-electron chi connectivity index (χ1n) is 8.72. The second kappa shape index (κ2) is 7.60. The Labute approximate surface area is 149 Å². The number of methoxy groups -OCH3 is 1. The number of carbonyl (C=O) groups is 1. The van der Waals surface area contributed by atoms with Crippen molar-refractivity contribution in [3.8, 4) is 11.5 Å². The first-order valence-corrected chi connectivity index (χ1v) is 8.72. The lowest BCUT2D eigenvalue weighted by Gasteiger charge is -2.25. The van der Waals surface area contributed by atoms with Gasteiger partial charge < -0.3 is 14.4 Å². The number of nitrogens with zero attached hydrogens (tertiary/aromatic N) is 1. The number of benzene rings is 2. The predicted molar refractivity (Wildman–Crippen MR) is 98.1 cm³/mol. The third-order valence-corrected chi connectivity index (χ3v) is 4.76. The lowest BCUT2D eigenvalue weighted by Crippen LogP contribution is -2.34. The molecule has 0 aliphatic carbocycles. The van der Waals surface area contributed by atoms with Crippen LogP contribution in [-0.2, 0) is 4.79 Å². The second-order valence-electron chi connectivity index (χ2n) is 6.58. The smallest absolute Gasteiger partial charge is 0.261 e. The molecule has 0 bridgehead atoms. The third kappa shape index (κ3) is 3.95. The van der Waals surface area contributed by atoms with E-state index in [4.69, 9.17) is 9.47 Å². The first kappa shape index (κ1) is 17.3. The summed E-state index contributed by atoms with van der Waals surface area (Å²) in [7, 11) is 1.66. The highest BCUT2D eigenvalue weighted by molar-refractivity contribution is 5.78. The fourth-order valence-electron chi connectivity index (χ4n) is 3.42. The highest BCUT2D eigenvalue weighted by Gasteiger charge is 2.30. The summed E-state index contributed by atoms with van der Waals surface area (Å²) in [6, 6.07) is 14.1. The zero-order chi connectivity index (χ0) is 17.8. The zero-order valence-electron chi connectivity index (χ0n) is 15.1. The molecular weight excluding hydrogens is 314 g/mol. The van der Waals surface area contributed by atoms with Crippen molar-refractivity contribution in [1.29, 1.82) is 0 Å². The van der Waals surface area contributed by atoms with Gasteiger partial charge in [-0.3, -0.25) is 4.79 Å². The molecular formula is C21H25NO3. The van der Waals surface area contributed by atoms with Gasteiger partial charge in [0, 0.05) is 6.54 Å². The largest absolute Gasteiger partial charge is 0.497 e. The molecule has 4 heteroatoms. The maximum atomic E-state index is 12.7. The number of amides is 1. The summed E-state index contributed by atoms with van der Waals surface area (Å²) in [6.45, 7) is 4.91. The minimum Gasteiger partial charge on any atom is -0.497 e. The maximum Gasteiger partial charge on any atom is 0.261 e. The molecule has 1 saturated heterocycles. The van der Waals surface area contributed by atoms with Crippen molar-refractivity contribution in [2.24, 2.45) is 0 Å². The molecule has 1 amide bonds. The lowest BCUT2D eigenvalue weighted by atomic mass is 10.0. The van der Waals surface area contributed by atoms with E-state index in [1.807, 2.05) is 55.1 Å². The minimum absolute atomic E-state index is 0.0401. The van der Waals surface area contributed by atoms with Crippen molar-refractivity contribution in [1.82, 2.24) is 4.90 Å². The average molecular weight is 339 g/mol. The Bertz CT molecular complexity index is 739. The van der Waals surface area contributed by atoms with Crippen LogP contribution in [-0.4, -0.2) is 31.1 Å². The summed E-state index contributed by atoms with van der Waals surface area (Å²) < 4.78 is 11.0. The van der Waals surface area contributed by atoms with E-state index in [-0.39, 0.29) is 18.6 Å². The Kier molecular flexibility index (Phi) is 5.27. The van der Waals surface area contributed by atoms with E-state index in [9.17, 15) is 4.79 Å². The van der Waals surface area contributed by atoms with E-state index >= 15 is 0 Å². The molecule has 1 heterocycles. The molecule has 1 aliphatic rings. The average Bonchev–Trinajstić information content (AvgIpc) is 3.10. The van der Waals surface area contributed by atoms with Gasteiger partial charge in [-0.15, -0.1) is 0 Å². The van der Waals surface area contributed by atoms with Crippen molar-refractivity contribution in [3.05, 3.63) is 59.2 Å². The third-order valence-electron chi connectivity index (χ3n) is 4.76. The number of hydrogen-bond donors (Lipinski definition) is 0. The van der Waals surface area contributed by atoms with Gasteiger partial charge in [0.15, 0.2) is 6.61 Å². The Morgan fingerprint density at radius 3 is 2.60 bits per heavy atom. The molecule has 4 nitrogen and oxygen atoms in total. The molecule has 0 unspecified atom stereocenters. The molecule has 2 aromatic carbocycles. The molecule has 132 valence electrons. The van der Waals surface area contributed by atoms with E-state index in [2.05, 4.69) is 6.07 Å². The fraction of sp³-hybridized carbons (Fsp3) is 0.381. The van der Waals surface area contributed by atoms with Gasteiger partial charge in [0.1, 0.15) is 11.5 Å². The van der Waals surface area contributed by atoms with Crippen LogP contribution in [0.15, 0.2) is 42.5 Å². The number of ether oxygens (including phenoxy) is 2. The van der Waals surface area contributed by atoms with E-state index in [0.29, 0.717) is 0 Å². The monoisotopic (exact) mass is 339 g/mol. The number of likely N-dealkylation sites (tertiary alicyclic amines) is 1. The van der Waals surface area contributed by atoms with Crippen LogP contribution in [0, 0.1) is 13.8 Å². The number of rotatable bonds is 5. The molecule has 0 spiro atoms. The van der Waals surface area contributed by atoms with Gasteiger partial charge in [0.2, 0.25) is 0 Å². The van der Waals surface area contributed by atoms with Crippen LogP contribution in [0.2, 0.25) is 0 Å². The molecule has 3 rings (SSSR count). The summed E-state index contributed by atoms with van der Waals surface area (Å²) >= 11 is 0. The normalized spacial score (nSPS) is 16.8. The Morgan fingerprint density at radius 2 is 1.92 bits per heavy atom. The van der Waals surface area contributed by atoms with E-state index in [1.165, 1.54) is 5.56 Å². The minimum atomic E-state index is 0.0401. The van der Waals surface area contributed by atoms with Crippen LogP contribution < -0.4 is 9.47 Å². The second-order valence-corrected chi connectivity index (χ2v) is 6.58. The summed E-state index contributed by atoms with van der Waals surface area (Å²) in [6.07, 6.45) is 2.01. The van der Waals surface area contributed by atoms with E-state index in [1.54, 1.807) is 7.11 Å². The van der Waals surface area contributed by atoms with Crippen molar-refractivity contribution >= 4 is 5.91 Å². The first-order chi connectivity index (χ1) is 12.1. The van der Waals surface area contributed by atoms with Gasteiger partial charge in [0.05, 0.1) is 13.2 Å². The summed E-state index contributed by atoms with van der Waals surface area (Å²) in [4.78, 5) is 14.6. The van der Waals surface area contributed by atoms with Gasteiger partial charge in [0.25, 0.3) is 5.91 Å². The molecule has 1 atom stereocenters. The topological polar surface area (TPSA) is 38.8 Å². The molecule has 2 aromatic rings. The van der Waals surface area contributed by atoms with E-state index in [0.717, 1.165) is 42.0 Å². The molecule has 1 aliphatic heterocycles. The van der Waals surface area contributed by atoms with Crippen LogP contribution >= 0.6 is 0 Å². The Balaban J connectivity index is 1.65. The number of carbonyl (C=O) groups excluding carboxylic acids is 1. The Morgan fingerprint density at radius 1 is 1.16 bits per heavy atom. The highest BCUT2D eigenvalue weighted by Crippen LogP contribution is 2.33. The fourth-order valence-corrected chi connectivity index (χ4v) is 3.42. The van der Waals surface area contributed by atoms with Gasteiger partial charge in [-0.25, -0.2) is 0 Å². The summed E-state index contributed by atoms with van der Waals surface area (Å²) in [5, 5.41) is 0. The predicted octanol–water partition coefficient (Wildman–Crippen LogP) is 4.05. The van der Waals surface area contributed by atoms with Crippen LogP contribution in [0.1, 0.15) is 35.6 Å². The highest BCUT2D eigenvalue weighted by atomic mass is 16.5. The van der Waals surface area contributed by atoms with Crippen molar-refractivity contribution in [2.45, 2.75) is 32.7 Å². The number of aryl methyl sites for hydroxylation is 2. The van der Waals surface area contributed by atoms with Gasteiger partial charge >= 0.3 is 0 Å². The zero-order valence-corrected chi connectivity index (χ0v) is 15.1. The van der Waals surface area contributed by atoms with Crippen LogP contribution in [0.5, 0.6) is 11.5 Å². The molecule has 25 heavy (non-hydrogen) atoms. The standard InChI is InChI=1S/C21H25NO3/c1-15-6-11-20(16(2)13-15)25-14-21(23)22-12-4-5-19(22)17-7-9-18(24-3)10-8-17/h6-11,13,19H,4-5,12,14H2,1-3H3/t19-/m1/s1. The summed E-state index contributed by atoms with van der Waals surface area (Å²) in [5.41, 5.74) is 3.40. The number of hydrogen-bond acceptors (Lipinski definition) is 3. The van der Waals surface area contributed by atoms with Crippen molar-refractivity contribution in [3.63, 3.8) is 0 Å². The van der Waals surface area contributed by atoms with Crippen LogP contribution in [0.4, 0.5) is 0 Å². The lowest BCUT2D eigenvalue weighted by molar-refractivity contribution is -0.134. The van der Waals surface area contributed by atoms with Crippen molar-refractivity contribution < 1.29 is 14.3 Å². The van der Waals surface area contributed by atoms with Gasteiger partial charge in [-0.05, 0) is 56.0 Å². The molecule has 0 radical (unpaired) electrons.